The molecule has 1 aliphatic rings. The van der Waals surface area contributed by atoms with Gasteiger partial charge < -0.3 is 15.5 Å². The molecular weight excluding hydrogens is 418 g/mol. The highest BCUT2D eigenvalue weighted by Gasteiger charge is 2.23. The van der Waals surface area contributed by atoms with Gasteiger partial charge in [-0.15, -0.1) is 0 Å². The molecule has 1 aliphatic carbocycles. The van der Waals surface area contributed by atoms with Crippen LogP contribution in [0, 0.1) is 5.92 Å². The molecule has 0 bridgehead atoms. The van der Waals surface area contributed by atoms with Gasteiger partial charge in [0.25, 0.3) is 5.91 Å². The van der Waals surface area contributed by atoms with Crippen LogP contribution in [0.1, 0.15) is 36.0 Å². The van der Waals surface area contributed by atoms with E-state index in [2.05, 4.69) is 27.0 Å². The van der Waals surface area contributed by atoms with Crippen molar-refractivity contribution >= 4 is 39.6 Å². The molecule has 0 aliphatic heterocycles. The van der Waals surface area contributed by atoms with Gasteiger partial charge in [0, 0.05) is 37.6 Å². The van der Waals surface area contributed by atoms with Gasteiger partial charge in [-0.1, -0.05) is 12.1 Å². The van der Waals surface area contributed by atoms with Gasteiger partial charge in [-0.3, -0.25) is 4.79 Å². The molecule has 2 aromatic heterocycles. The Hall–Kier alpha value is -3.75. The fourth-order valence-electron chi connectivity index (χ4n) is 4.42. The van der Waals surface area contributed by atoms with Gasteiger partial charge in [-0.05, 0) is 72.2 Å². The molecule has 0 atom stereocenters. The second-order valence-electron chi connectivity index (χ2n) is 8.82. The van der Waals surface area contributed by atoms with Crippen molar-refractivity contribution in [3.8, 4) is 0 Å². The molecule has 0 saturated heterocycles. The van der Waals surface area contributed by atoms with Crippen LogP contribution in [0.25, 0.3) is 21.9 Å². The standard InChI is InChI=1S/C24H27N7O2/c1-31(2)22-18-5-3-4-6-19(18)27-24(28-22)26-17-10-7-15(8-11-17)14-25-23(32)16-9-12-20-21(13-16)30-33-29-20/h3-6,9,12-13,15,17H,7-8,10-11,14H2,1-2H3,(H,25,32)(H,26,27,28)/t15-,17+. The molecule has 1 fully saturated rings. The number of amides is 1. The molecule has 5 rings (SSSR count). The van der Waals surface area contributed by atoms with Crippen molar-refractivity contribution in [2.45, 2.75) is 31.7 Å². The third-order valence-corrected chi connectivity index (χ3v) is 6.25. The van der Waals surface area contributed by atoms with Crippen molar-refractivity contribution in [3.05, 3.63) is 48.0 Å². The second kappa shape index (κ2) is 9.01. The topological polar surface area (TPSA) is 109 Å². The number of aromatic nitrogens is 4. The summed E-state index contributed by atoms with van der Waals surface area (Å²) in [5.41, 5.74) is 2.74. The Kier molecular flexibility index (Phi) is 5.77. The van der Waals surface area contributed by atoms with Crippen LogP contribution >= 0.6 is 0 Å². The van der Waals surface area contributed by atoms with Crippen LogP contribution in [0.4, 0.5) is 11.8 Å². The van der Waals surface area contributed by atoms with Crippen LogP contribution in [0.5, 0.6) is 0 Å². The maximum atomic E-state index is 12.5. The molecule has 9 heteroatoms. The van der Waals surface area contributed by atoms with E-state index < -0.39 is 0 Å². The maximum absolute atomic E-state index is 12.5. The highest BCUT2D eigenvalue weighted by molar-refractivity contribution is 5.97. The number of hydrogen-bond donors (Lipinski definition) is 2. The third kappa shape index (κ3) is 4.57. The van der Waals surface area contributed by atoms with E-state index >= 15 is 0 Å². The van der Waals surface area contributed by atoms with Gasteiger partial charge in [-0.25, -0.2) is 9.61 Å². The van der Waals surface area contributed by atoms with Gasteiger partial charge >= 0.3 is 0 Å². The number of nitrogens with zero attached hydrogens (tertiary/aromatic N) is 5. The summed E-state index contributed by atoms with van der Waals surface area (Å²) in [5.74, 6) is 1.95. The molecule has 2 N–H and O–H groups in total. The first-order valence-corrected chi connectivity index (χ1v) is 11.3. The van der Waals surface area contributed by atoms with Crippen LogP contribution in [-0.2, 0) is 0 Å². The summed E-state index contributed by atoms with van der Waals surface area (Å²) >= 11 is 0. The van der Waals surface area contributed by atoms with Gasteiger partial charge in [0.1, 0.15) is 16.9 Å². The van der Waals surface area contributed by atoms with Gasteiger partial charge in [0.15, 0.2) is 0 Å². The SMILES string of the molecule is CN(C)c1nc(N[C@H]2CC[C@@H](CNC(=O)c3ccc4nonc4c3)CC2)nc2ccccc12. The normalized spacial score (nSPS) is 18.4. The zero-order chi connectivity index (χ0) is 22.8. The smallest absolute Gasteiger partial charge is 0.251 e. The Bertz CT molecular complexity index is 1280. The molecule has 1 saturated carbocycles. The summed E-state index contributed by atoms with van der Waals surface area (Å²) in [6, 6.07) is 13.6. The van der Waals surface area contributed by atoms with Crippen molar-refractivity contribution in [1.29, 1.82) is 0 Å². The predicted octanol–water partition coefficient (Wildman–Crippen LogP) is 3.63. The van der Waals surface area contributed by atoms with E-state index in [1.165, 1.54) is 0 Å². The summed E-state index contributed by atoms with van der Waals surface area (Å²) < 4.78 is 4.70. The molecule has 9 nitrogen and oxygen atoms in total. The minimum atomic E-state index is -0.0964. The number of anilines is 2. The van der Waals surface area contributed by atoms with Crippen LogP contribution in [-0.4, -0.2) is 52.9 Å². The lowest BCUT2D eigenvalue weighted by atomic mass is 9.86. The van der Waals surface area contributed by atoms with E-state index in [1.54, 1.807) is 18.2 Å². The van der Waals surface area contributed by atoms with Crippen LogP contribution in [0.3, 0.4) is 0 Å². The molecule has 2 heterocycles. The Morgan fingerprint density at radius 1 is 1.00 bits per heavy atom. The predicted molar refractivity (Wildman–Crippen MR) is 127 cm³/mol. The van der Waals surface area contributed by atoms with Crippen molar-refractivity contribution in [1.82, 2.24) is 25.6 Å². The van der Waals surface area contributed by atoms with Gasteiger partial charge in [0.2, 0.25) is 5.95 Å². The Balaban J connectivity index is 1.15. The molecule has 2 aromatic carbocycles. The first-order valence-electron chi connectivity index (χ1n) is 11.3. The Morgan fingerprint density at radius 3 is 2.61 bits per heavy atom. The quantitative estimate of drug-likeness (QED) is 0.463. The molecule has 0 spiro atoms. The highest BCUT2D eigenvalue weighted by Crippen LogP contribution is 2.28. The first-order chi connectivity index (χ1) is 16.1. The second-order valence-corrected chi connectivity index (χ2v) is 8.82. The number of rotatable bonds is 6. The first kappa shape index (κ1) is 21.1. The highest BCUT2D eigenvalue weighted by atomic mass is 16.6. The molecule has 0 unspecified atom stereocenters. The number of fused-ring (bicyclic) bond motifs is 2. The van der Waals surface area contributed by atoms with Crippen molar-refractivity contribution in [3.63, 3.8) is 0 Å². The number of carbonyl (C=O) groups excluding carboxylic acids is 1. The third-order valence-electron chi connectivity index (χ3n) is 6.25. The summed E-state index contributed by atoms with van der Waals surface area (Å²) in [4.78, 5) is 24.0. The molecular formula is C24H27N7O2. The van der Waals surface area contributed by atoms with E-state index in [1.807, 2.05) is 37.2 Å². The lowest BCUT2D eigenvalue weighted by Gasteiger charge is -2.29. The fraction of sp³-hybridized carbons (Fsp3) is 0.375. The zero-order valence-corrected chi connectivity index (χ0v) is 18.8. The molecule has 0 radical (unpaired) electrons. The van der Waals surface area contributed by atoms with E-state index in [0.29, 0.717) is 41.0 Å². The average molecular weight is 446 g/mol. The van der Waals surface area contributed by atoms with E-state index in [-0.39, 0.29) is 5.91 Å². The van der Waals surface area contributed by atoms with E-state index in [0.717, 1.165) is 42.4 Å². The zero-order valence-electron chi connectivity index (χ0n) is 18.8. The minimum absolute atomic E-state index is 0.0964. The van der Waals surface area contributed by atoms with Crippen molar-refractivity contribution in [2.24, 2.45) is 5.92 Å². The van der Waals surface area contributed by atoms with Crippen LogP contribution < -0.4 is 15.5 Å². The largest absolute Gasteiger partial charge is 0.362 e. The molecule has 170 valence electrons. The molecule has 4 aromatic rings. The van der Waals surface area contributed by atoms with Crippen molar-refractivity contribution < 1.29 is 9.42 Å². The summed E-state index contributed by atoms with van der Waals surface area (Å²) in [5, 5.41) is 15.2. The van der Waals surface area contributed by atoms with Gasteiger partial charge in [0.05, 0.1) is 5.52 Å². The van der Waals surface area contributed by atoms with Crippen LogP contribution in [0.2, 0.25) is 0 Å². The summed E-state index contributed by atoms with van der Waals surface area (Å²) in [6.45, 7) is 0.665. The van der Waals surface area contributed by atoms with E-state index in [4.69, 9.17) is 14.6 Å². The lowest BCUT2D eigenvalue weighted by Crippen LogP contribution is -2.34. The molecule has 1 amide bonds. The Morgan fingerprint density at radius 2 is 1.79 bits per heavy atom. The minimum Gasteiger partial charge on any atom is -0.362 e. The number of benzene rings is 2. The van der Waals surface area contributed by atoms with Gasteiger partial charge in [-0.2, -0.15) is 4.98 Å². The maximum Gasteiger partial charge on any atom is 0.251 e. The molecule has 33 heavy (non-hydrogen) atoms. The Labute approximate surface area is 191 Å². The monoisotopic (exact) mass is 445 g/mol. The lowest BCUT2D eigenvalue weighted by molar-refractivity contribution is 0.0943. The van der Waals surface area contributed by atoms with Crippen LogP contribution in [0.15, 0.2) is 47.1 Å². The fourth-order valence-corrected chi connectivity index (χ4v) is 4.42. The number of carbonyl (C=O) groups is 1. The number of nitrogens with one attached hydrogen (secondary N) is 2. The van der Waals surface area contributed by atoms with Crippen molar-refractivity contribution in [2.75, 3.05) is 30.9 Å². The van der Waals surface area contributed by atoms with E-state index in [9.17, 15) is 4.79 Å². The summed E-state index contributed by atoms with van der Waals surface area (Å²) in [7, 11) is 4.00. The number of hydrogen-bond acceptors (Lipinski definition) is 8. The number of para-hydroxylation sites is 1. The average Bonchev–Trinajstić information content (AvgIpc) is 3.31. The summed E-state index contributed by atoms with van der Waals surface area (Å²) in [6.07, 6.45) is 4.12.